The summed E-state index contributed by atoms with van der Waals surface area (Å²) in [6.45, 7) is 6.07. The quantitative estimate of drug-likeness (QED) is 0.226. The zero-order chi connectivity index (χ0) is 27.6. The van der Waals surface area contributed by atoms with Crippen molar-refractivity contribution in [2.24, 2.45) is 0 Å². The van der Waals surface area contributed by atoms with Gasteiger partial charge in [-0.25, -0.2) is 14.8 Å². The average molecular weight is 612 g/mol. The van der Waals surface area contributed by atoms with E-state index in [0.29, 0.717) is 40.1 Å². The lowest BCUT2D eigenvalue weighted by atomic mass is 10.1. The van der Waals surface area contributed by atoms with Crippen molar-refractivity contribution in [2.75, 3.05) is 5.32 Å². The van der Waals surface area contributed by atoms with Crippen molar-refractivity contribution in [1.82, 2.24) is 19.5 Å². The molecule has 2 aromatic heterocycles. The molecule has 0 spiro atoms. The summed E-state index contributed by atoms with van der Waals surface area (Å²) in [6, 6.07) is 15.3. The average Bonchev–Trinajstić information content (AvgIpc) is 3.52. The molecule has 1 aliphatic heterocycles. The number of halogens is 1. The van der Waals surface area contributed by atoms with Crippen LogP contribution in [0.25, 0.3) is 11.2 Å². The zero-order valence-corrected chi connectivity index (χ0v) is 23.9. The number of H-pyrrole nitrogens is 1. The lowest BCUT2D eigenvalue weighted by molar-refractivity contribution is -0.0278. The molecule has 1 atom stereocenters. The van der Waals surface area contributed by atoms with Crippen molar-refractivity contribution in [1.29, 1.82) is 5.41 Å². The number of benzene rings is 2. The molecule has 10 nitrogen and oxygen atoms in total. The first kappa shape index (κ1) is 26.8. The molecule has 0 radical (unpaired) electrons. The van der Waals surface area contributed by atoms with Crippen molar-refractivity contribution in [3.63, 3.8) is 0 Å². The van der Waals surface area contributed by atoms with E-state index in [4.69, 9.17) is 24.6 Å². The molecule has 0 fully saturated rings. The van der Waals surface area contributed by atoms with E-state index in [9.17, 15) is 4.79 Å². The lowest BCUT2D eigenvalue weighted by Crippen LogP contribution is -2.27. The third kappa shape index (κ3) is 6.63. The van der Waals surface area contributed by atoms with E-state index in [1.165, 1.54) is 11.8 Å². The number of anilines is 1. The van der Waals surface area contributed by atoms with Crippen LogP contribution in [0.4, 0.5) is 10.5 Å². The van der Waals surface area contributed by atoms with E-state index < -0.39 is 18.0 Å². The van der Waals surface area contributed by atoms with Gasteiger partial charge in [-0.3, -0.25) is 10.7 Å². The zero-order valence-electron chi connectivity index (χ0n) is 21.5. The fraction of sp³-hybridized carbons (Fsp3) is 0.259. The van der Waals surface area contributed by atoms with Crippen molar-refractivity contribution < 1.29 is 19.0 Å². The lowest BCUT2D eigenvalue weighted by Gasteiger charge is -2.19. The number of hydrogen-bond donors (Lipinski definition) is 3. The first-order valence-corrected chi connectivity index (χ1v) is 13.8. The summed E-state index contributed by atoms with van der Waals surface area (Å²) in [5, 5.41) is 12.1. The van der Waals surface area contributed by atoms with Crippen LogP contribution in [0.5, 0.6) is 0 Å². The number of hydrogen-bond acceptors (Lipinski definition) is 8. The smallest absolute Gasteiger partial charge is 0.412 e. The van der Waals surface area contributed by atoms with Gasteiger partial charge in [-0.15, -0.1) is 0 Å². The molecule has 3 N–H and O–H groups in total. The third-order valence-corrected chi connectivity index (χ3v) is 7.11. The monoisotopic (exact) mass is 610 g/mol. The van der Waals surface area contributed by atoms with Gasteiger partial charge < -0.3 is 23.8 Å². The number of nitrogens with zero attached hydrogens (tertiary/aromatic N) is 3. The predicted octanol–water partition coefficient (Wildman–Crippen LogP) is 6.23. The second kappa shape index (κ2) is 11.1. The Morgan fingerprint density at radius 3 is 2.74 bits per heavy atom. The summed E-state index contributed by atoms with van der Waals surface area (Å²) >= 11 is 4.81. The highest BCUT2D eigenvalue weighted by molar-refractivity contribution is 9.10. The summed E-state index contributed by atoms with van der Waals surface area (Å²) in [7, 11) is 0. The Hall–Kier alpha value is -3.77. The van der Waals surface area contributed by atoms with Crippen LogP contribution in [0.3, 0.4) is 0 Å². The van der Waals surface area contributed by atoms with E-state index in [1.807, 2.05) is 73.9 Å². The Morgan fingerprint density at radius 2 is 2.00 bits per heavy atom. The highest BCUT2D eigenvalue weighted by atomic mass is 79.9. The molecule has 0 saturated carbocycles. The maximum Gasteiger partial charge on any atom is 0.412 e. The van der Waals surface area contributed by atoms with Crippen LogP contribution in [0.1, 0.15) is 38.2 Å². The van der Waals surface area contributed by atoms with Gasteiger partial charge in [0.2, 0.25) is 5.09 Å². The van der Waals surface area contributed by atoms with E-state index in [1.54, 1.807) is 12.6 Å². The Balaban J connectivity index is 1.23. The number of imidazole rings is 1. The number of thioether (sulfide) groups is 1. The molecule has 1 amide bonds. The van der Waals surface area contributed by atoms with Gasteiger partial charge in [0, 0.05) is 22.3 Å². The highest BCUT2D eigenvalue weighted by Gasteiger charge is 2.25. The number of carbonyl (C=O) groups excluding carboxylic acids is 1. The summed E-state index contributed by atoms with van der Waals surface area (Å²) in [5.74, 6) is 0. The van der Waals surface area contributed by atoms with Gasteiger partial charge in [-0.1, -0.05) is 46.3 Å². The van der Waals surface area contributed by atoms with Gasteiger partial charge in [-0.05, 0) is 62.7 Å². The summed E-state index contributed by atoms with van der Waals surface area (Å²) in [6.07, 6.45) is 2.86. The largest absolute Gasteiger partial charge is 0.454 e. The molecule has 0 aliphatic carbocycles. The van der Waals surface area contributed by atoms with E-state index >= 15 is 0 Å². The number of carbonyl (C=O) groups is 1. The maximum absolute atomic E-state index is 12.0. The van der Waals surface area contributed by atoms with Crippen LogP contribution >= 0.6 is 27.7 Å². The maximum atomic E-state index is 12.0. The topological polar surface area (TPSA) is 127 Å². The molecule has 0 bridgehead atoms. The molecule has 3 heterocycles. The Bertz CT molecular complexity index is 1590. The van der Waals surface area contributed by atoms with Gasteiger partial charge in [0.05, 0.1) is 6.33 Å². The van der Waals surface area contributed by atoms with Crippen LogP contribution in [-0.2, 0) is 27.2 Å². The molecule has 5 rings (SSSR count). The van der Waals surface area contributed by atoms with Crippen LogP contribution in [0, 0.1) is 5.41 Å². The molecule has 2 aromatic carbocycles. The molecule has 12 heteroatoms. The number of aromatic amines is 1. The summed E-state index contributed by atoms with van der Waals surface area (Å²) in [4.78, 5) is 24.1. The number of rotatable bonds is 7. The number of amides is 1. The minimum Gasteiger partial charge on any atom is -0.454 e. The van der Waals surface area contributed by atoms with Crippen molar-refractivity contribution in [2.45, 2.75) is 50.8 Å². The number of fused-ring (bicyclic) bond motifs is 1. The number of ether oxygens (including phenoxy) is 3. The van der Waals surface area contributed by atoms with Crippen molar-refractivity contribution in [3.05, 3.63) is 87.3 Å². The standard InChI is InChI=1S/C27H27BrN6O4S/c1-27(2,3)38-26(35)31-17-10-8-16(9-11-17)12-13-34-15-30-22(29)21-23(34)33-25(32-21)39-20-14-36-24(37-20)18-6-4-5-7-19(18)28/h4-11,14-15,24,29H,12-13H2,1-3H3,(H,31,35)(H,32,33). The van der Waals surface area contributed by atoms with E-state index in [2.05, 4.69) is 31.2 Å². The first-order chi connectivity index (χ1) is 18.6. The van der Waals surface area contributed by atoms with Crippen LogP contribution < -0.4 is 10.8 Å². The SMILES string of the molecule is CC(C)(C)OC(=O)Nc1ccc(CCn2cnc(=N)c3[nH]c(SC4=COC(c5ccccc5Br)O4)nc32)cc1. The molecule has 0 saturated heterocycles. The van der Waals surface area contributed by atoms with Crippen molar-refractivity contribution in [3.8, 4) is 0 Å². The van der Waals surface area contributed by atoms with Crippen LogP contribution in [0.15, 0.2) is 75.8 Å². The first-order valence-electron chi connectivity index (χ1n) is 12.2. The van der Waals surface area contributed by atoms with Gasteiger partial charge in [0.1, 0.15) is 17.4 Å². The van der Waals surface area contributed by atoms with Crippen LogP contribution in [0.2, 0.25) is 0 Å². The van der Waals surface area contributed by atoms with E-state index in [0.717, 1.165) is 15.6 Å². The fourth-order valence-electron chi connectivity index (χ4n) is 3.83. The fourth-order valence-corrected chi connectivity index (χ4v) is 5.01. The minimum absolute atomic E-state index is 0.113. The molecule has 39 heavy (non-hydrogen) atoms. The Morgan fingerprint density at radius 1 is 1.23 bits per heavy atom. The Labute approximate surface area is 237 Å². The molecular weight excluding hydrogens is 584 g/mol. The predicted molar refractivity (Wildman–Crippen MR) is 151 cm³/mol. The number of aromatic nitrogens is 4. The third-order valence-electron chi connectivity index (χ3n) is 5.61. The molecule has 1 unspecified atom stereocenters. The normalized spacial score (nSPS) is 15.0. The molecule has 1 aliphatic rings. The second-order valence-corrected chi connectivity index (χ2v) is 11.6. The van der Waals surface area contributed by atoms with Gasteiger partial charge in [0.15, 0.2) is 16.3 Å². The molecule has 202 valence electrons. The summed E-state index contributed by atoms with van der Waals surface area (Å²) < 4.78 is 19.8. The van der Waals surface area contributed by atoms with E-state index in [-0.39, 0.29) is 5.49 Å². The summed E-state index contributed by atoms with van der Waals surface area (Å²) in [5.41, 5.74) is 3.34. The van der Waals surface area contributed by atoms with Gasteiger partial charge >= 0.3 is 6.09 Å². The van der Waals surface area contributed by atoms with Gasteiger partial charge in [0.25, 0.3) is 6.29 Å². The minimum atomic E-state index is -0.559. The molecular formula is C27H27BrN6O4S. The highest BCUT2D eigenvalue weighted by Crippen LogP contribution is 2.39. The number of aryl methyl sites for hydroxylation is 2. The van der Waals surface area contributed by atoms with Crippen LogP contribution in [-0.4, -0.2) is 31.2 Å². The second-order valence-electron chi connectivity index (χ2n) is 9.75. The number of nitrogens with one attached hydrogen (secondary N) is 3. The van der Waals surface area contributed by atoms with Crippen molar-refractivity contribution >= 4 is 50.6 Å². The molecule has 4 aromatic rings. The Kier molecular flexibility index (Phi) is 7.67. The van der Waals surface area contributed by atoms with Gasteiger partial charge in [-0.2, -0.15) is 0 Å².